The van der Waals surface area contributed by atoms with Crippen LogP contribution in [0.15, 0.2) is 24.3 Å². The van der Waals surface area contributed by atoms with E-state index in [2.05, 4.69) is 0 Å². The van der Waals surface area contributed by atoms with E-state index in [-0.39, 0.29) is 18.7 Å². The minimum Gasteiger partial charge on any atom is -0.497 e. The average Bonchev–Trinajstić information content (AvgIpc) is 3.22. The first-order valence-electron chi connectivity index (χ1n) is 12.0. The molecule has 210 valence electrons. The average molecular weight is 552 g/mol. The number of amides is 1. The smallest absolute Gasteiger partial charge is 0.414 e. The lowest BCUT2D eigenvalue weighted by Gasteiger charge is -2.31. The van der Waals surface area contributed by atoms with E-state index in [1.807, 2.05) is 0 Å². The van der Waals surface area contributed by atoms with E-state index in [1.165, 1.54) is 21.0 Å². The Hall–Kier alpha value is -2.34. The minimum absolute atomic E-state index is 0.274. The molecule has 1 aromatic carbocycles. The Labute approximate surface area is 216 Å². The van der Waals surface area contributed by atoms with Crippen LogP contribution in [0.25, 0.3) is 0 Å². The molecule has 4 atom stereocenters. The lowest BCUT2D eigenvalue weighted by molar-refractivity contribution is -0.224. The number of ketones is 1. The third-order valence-electron chi connectivity index (χ3n) is 6.33. The van der Waals surface area contributed by atoms with Gasteiger partial charge in [0.05, 0.1) is 24.2 Å². The maximum atomic E-state index is 13.2. The summed E-state index contributed by atoms with van der Waals surface area (Å²) in [7, 11) is -2.39. The maximum absolute atomic E-state index is 13.2. The molecule has 0 saturated carbocycles. The van der Waals surface area contributed by atoms with Gasteiger partial charge in [-0.05, 0) is 50.8 Å². The van der Waals surface area contributed by atoms with Crippen LogP contribution in [0.2, 0.25) is 0 Å². The number of hydrogen-bond donors (Lipinski definition) is 1. The van der Waals surface area contributed by atoms with Crippen molar-refractivity contribution >= 4 is 21.7 Å². The number of sulfone groups is 1. The van der Waals surface area contributed by atoms with E-state index in [0.29, 0.717) is 11.3 Å². The highest BCUT2D eigenvalue weighted by Crippen LogP contribution is 2.35. The largest absolute Gasteiger partial charge is 0.497 e. The molecule has 1 saturated heterocycles. The lowest BCUT2D eigenvalue weighted by atomic mass is 9.84. The van der Waals surface area contributed by atoms with E-state index >= 15 is 0 Å². The van der Waals surface area contributed by atoms with Crippen molar-refractivity contribution in [2.24, 2.45) is 11.8 Å². The van der Waals surface area contributed by atoms with E-state index in [4.69, 9.17) is 9.47 Å². The van der Waals surface area contributed by atoms with Gasteiger partial charge in [-0.1, -0.05) is 26.0 Å². The Bertz CT molecular complexity index is 1050. The number of aliphatic hydroxyl groups is 1. The maximum Gasteiger partial charge on any atom is 0.414 e. The molecule has 12 heteroatoms. The molecule has 1 fully saturated rings. The monoisotopic (exact) mass is 551 g/mol. The van der Waals surface area contributed by atoms with Crippen LogP contribution in [0.1, 0.15) is 53.0 Å². The molecular weight excluding hydrogens is 515 g/mol. The summed E-state index contributed by atoms with van der Waals surface area (Å²) in [6.45, 7) is 7.38. The minimum atomic E-state index is -4.93. The summed E-state index contributed by atoms with van der Waals surface area (Å²) in [6, 6.07) is 5.09. The number of halogens is 3. The third-order valence-corrected chi connectivity index (χ3v) is 8.42. The molecule has 37 heavy (non-hydrogen) atoms. The van der Waals surface area contributed by atoms with Crippen molar-refractivity contribution in [3.63, 3.8) is 0 Å². The number of methoxy groups -OCH3 is 1. The predicted octanol–water partition coefficient (Wildman–Crippen LogP) is 4.14. The van der Waals surface area contributed by atoms with Gasteiger partial charge in [0.15, 0.2) is 21.7 Å². The molecule has 1 N–H and O–H groups in total. The molecule has 1 heterocycles. The Kier molecular flexibility index (Phi) is 9.67. The summed E-state index contributed by atoms with van der Waals surface area (Å²) in [4.78, 5) is 27.1. The highest BCUT2D eigenvalue weighted by atomic mass is 32.2. The summed E-state index contributed by atoms with van der Waals surface area (Å²) >= 11 is 0. The molecule has 2 rings (SSSR count). The van der Waals surface area contributed by atoms with Gasteiger partial charge in [-0.25, -0.2) is 13.2 Å². The fourth-order valence-corrected chi connectivity index (χ4v) is 6.04. The highest BCUT2D eigenvalue weighted by molar-refractivity contribution is 7.91. The second kappa shape index (κ2) is 11.6. The number of Topliss-reactive ketones (excluding diaryl/α,β-unsaturated/α-hetero) is 1. The number of carbonyl (C=O) groups excluding carboxylic acids is 2. The molecule has 0 radical (unpaired) electrons. The molecular formula is C25H36F3NO7S. The van der Waals surface area contributed by atoms with Crippen LogP contribution in [0, 0.1) is 11.8 Å². The second-order valence-electron chi connectivity index (χ2n) is 10.7. The molecule has 1 amide bonds. The third kappa shape index (κ3) is 8.33. The van der Waals surface area contributed by atoms with Gasteiger partial charge >= 0.3 is 12.3 Å². The van der Waals surface area contributed by atoms with Gasteiger partial charge in [-0.15, -0.1) is 0 Å². The zero-order chi connectivity index (χ0) is 28.3. The summed E-state index contributed by atoms with van der Waals surface area (Å²) in [5.74, 6) is -2.72. The van der Waals surface area contributed by atoms with Gasteiger partial charge in [-0.2, -0.15) is 13.2 Å². The first-order chi connectivity index (χ1) is 16.9. The Balaban J connectivity index is 2.32. The number of benzene rings is 1. The summed E-state index contributed by atoms with van der Waals surface area (Å²) in [6.07, 6.45) is -9.54. The van der Waals surface area contributed by atoms with Crippen LogP contribution in [0.4, 0.5) is 18.0 Å². The standard InChI is InChI=1S/C25H36F3NO7S/c1-15(2)19(22(31)25(26,27)28)12-21(30)20-11-18(13-29(20)23(32)36-24(3,4)5)37(33,34)14-16-7-9-17(35-6)10-8-16/h7-10,15,18-20,22,31H,11-14H2,1-6H3/t18-,19+,20?,22+/m1/s1. The van der Waals surface area contributed by atoms with Gasteiger partial charge in [0, 0.05) is 18.9 Å². The Morgan fingerprint density at radius 3 is 2.16 bits per heavy atom. The van der Waals surface area contributed by atoms with E-state index in [1.54, 1.807) is 45.0 Å². The number of nitrogens with zero attached hydrogens (tertiary/aromatic N) is 1. The van der Waals surface area contributed by atoms with Crippen LogP contribution in [-0.2, 0) is 25.1 Å². The fraction of sp³-hybridized carbons (Fsp3) is 0.680. The summed E-state index contributed by atoms with van der Waals surface area (Å²) < 4.78 is 76.6. The summed E-state index contributed by atoms with van der Waals surface area (Å²) in [5.41, 5.74) is -0.468. The number of alkyl halides is 3. The van der Waals surface area contributed by atoms with Crippen LogP contribution in [0.3, 0.4) is 0 Å². The SMILES string of the molecule is COc1ccc(CS(=O)(=O)[C@@H]2CC(C(=O)C[C@@H](C(C)C)[C@H](O)C(F)(F)F)N(C(=O)OC(C)(C)C)C2)cc1. The van der Waals surface area contributed by atoms with Crippen molar-refractivity contribution in [1.29, 1.82) is 0 Å². The molecule has 0 bridgehead atoms. The van der Waals surface area contributed by atoms with Crippen LogP contribution >= 0.6 is 0 Å². The number of likely N-dealkylation sites (tertiary alicyclic amines) is 1. The molecule has 1 aliphatic heterocycles. The van der Waals surface area contributed by atoms with Crippen molar-refractivity contribution in [1.82, 2.24) is 4.90 Å². The van der Waals surface area contributed by atoms with Crippen molar-refractivity contribution in [2.75, 3.05) is 13.7 Å². The molecule has 0 aliphatic carbocycles. The molecule has 1 aromatic rings. The zero-order valence-corrected chi connectivity index (χ0v) is 22.7. The fourth-order valence-electron chi connectivity index (χ4n) is 4.28. The first kappa shape index (κ1) is 30.9. The molecule has 0 aromatic heterocycles. The summed E-state index contributed by atoms with van der Waals surface area (Å²) in [5, 5.41) is 8.71. The second-order valence-corrected chi connectivity index (χ2v) is 13.0. The number of aliphatic hydroxyl groups excluding tert-OH is 1. The molecule has 8 nitrogen and oxygen atoms in total. The van der Waals surface area contributed by atoms with Gasteiger partial charge in [0.1, 0.15) is 11.4 Å². The van der Waals surface area contributed by atoms with Crippen LogP contribution in [0.5, 0.6) is 5.75 Å². The quantitative estimate of drug-likeness (QED) is 0.491. The zero-order valence-electron chi connectivity index (χ0n) is 21.9. The van der Waals surface area contributed by atoms with Crippen molar-refractivity contribution < 1.29 is 45.8 Å². The van der Waals surface area contributed by atoms with E-state index in [0.717, 1.165) is 4.90 Å². The van der Waals surface area contributed by atoms with E-state index in [9.17, 15) is 36.3 Å². The van der Waals surface area contributed by atoms with Crippen LogP contribution < -0.4 is 4.74 Å². The van der Waals surface area contributed by atoms with E-state index < -0.39 is 69.1 Å². The van der Waals surface area contributed by atoms with Gasteiger partial charge in [-0.3, -0.25) is 9.69 Å². The highest BCUT2D eigenvalue weighted by Gasteiger charge is 2.49. The van der Waals surface area contributed by atoms with Crippen molar-refractivity contribution in [3.8, 4) is 5.75 Å². The molecule has 0 spiro atoms. The number of carbonyl (C=O) groups is 2. The number of hydrogen-bond acceptors (Lipinski definition) is 7. The topological polar surface area (TPSA) is 110 Å². The van der Waals surface area contributed by atoms with Crippen molar-refractivity contribution in [2.45, 2.75) is 82.4 Å². The number of ether oxygens (including phenoxy) is 2. The molecule has 1 aliphatic rings. The van der Waals surface area contributed by atoms with Gasteiger partial charge < -0.3 is 14.6 Å². The normalized spacial score (nSPS) is 20.6. The Morgan fingerprint density at radius 1 is 1.14 bits per heavy atom. The van der Waals surface area contributed by atoms with Gasteiger partial charge in [0.2, 0.25) is 0 Å². The first-order valence-corrected chi connectivity index (χ1v) is 13.7. The van der Waals surface area contributed by atoms with Crippen LogP contribution in [-0.4, -0.2) is 73.1 Å². The predicted molar refractivity (Wildman–Crippen MR) is 131 cm³/mol. The Morgan fingerprint density at radius 2 is 1.70 bits per heavy atom. The van der Waals surface area contributed by atoms with Gasteiger partial charge in [0.25, 0.3) is 0 Å². The molecule has 1 unspecified atom stereocenters. The van der Waals surface area contributed by atoms with Crippen molar-refractivity contribution in [3.05, 3.63) is 29.8 Å². The number of rotatable bonds is 9. The lowest BCUT2D eigenvalue weighted by Crippen LogP contribution is -2.46.